The van der Waals surface area contributed by atoms with E-state index in [-0.39, 0.29) is 5.78 Å². The van der Waals surface area contributed by atoms with Crippen molar-refractivity contribution in [3.63, 3.8) is 0 Å². The van der Waals surface area contributed by atoms with Gasteiger partial charge in [-0.05, 0) is 31.7 Å². The van der Waals surface area contributed by atoms with E-state index in [1.54, 1.807) is 6.92 Å². The Kier molecular flexibility index (Phi) is 4.11. The van der Waals surface area contributed by atoms with Crippen molar-refractivity contribution in [2.75, 3.05) is 13.6 Å². The maximum atomic E-state index is 10.8. The van der Waals surface area contributed by atoms with Crippen LogP contribution in [0.15, 0.2) is 24.3 Å². The summed E-state index contributed by atoms with van der Waals surface area (Å²) in [4.78, 5) is 12.8. The standard InChI is InChI=1S/C11H14ClNO/c1-9(14)7-13(2)8-10-4-3-5-11(12)6-10/h3-6H,7-8H2,1-2H3. The molecule has 0 saturated carbocycles. The normalized spacial score (nSPS) is 10.6. The number of benzene rings is 1. The number of nitrogens with zero attached hydrogens (tertiary/aromatic N) is 1. The minimum Gasteiger partial charge on any atom is -0.299 e. The highest BCUT2D eigenvalue weighted by Gasteiger charge is 2.02. The summed E-state index contributed by atoms with van der Waals surface area (Å²) in [6.45, 7) is 2.82. The third-order valence-electron chi connectivity index (χ3n) is 1.83. The smallest absolute Gasteiger partial charge is 0.143 e. The van der Waals surface area contributed by atoms with Gasteiger partial charge in [-0.3, -0.25) is 9.69 Å². The molecule has 1 aromatic carbocycles. The Morgan fingerprint density at radius 1 is 1.50 bits per heavy atom. The maximum absolute atomic E-state index is 10.8. The number of hydrogen-bond acceptors (Lipinski definition) is 2. The van der Waals surface area contributed by atoms with E-state index in [4.69, 9.17) is 11.6 Å². The van der Waals surface area contributed by atoms with Gasteiger partial charge in [0.25, 0.3) is 0 Å². The first kappa shape index (κ1) is 11.2. The van der Waals surface area contributed by atoms with Crippen LogP contribution in [-0.2, 0) is 11.3 Å². The van der Waals surface area contributed by atoms with Gasteiger partial charge in [0.2, 0.25) is 0 Å². The van der Waals surface area contributed by atoms with E-state index in [1.807, 2.05) is 36.2 Å². The number of Topliss-reactive ketones (excluding diaryl/α,β-unsaturated/α-hetero) is 1. The summed E-state index contributed by atoms with van der Waals surface area (Å²) >= 11 is 5.85. The second-order valence-electron chi connectivity index (χ2n) is 3.50. The average Bonchev–Trinajstić information content (AvgIpc) is 2.01. The highest BCUT2D eigenvalue weighted by molar-refractivity contribution is 6.30. The number of carbonyl (C=O) groups is 1. The molecular formula is C11H14ClNO. The van der Waals surface area contributed by atoms with Crippen molar-refractivity contribution < 1.29 is 4.79 Å². The molecular weight excluding hydrogens is 198 g/mol. The first-order chi connectivity index (χ1) is 6.58. The molecule has 0 unspecified atom stereocenters. The number of halogens is 1. The quantitative estimate of drug-likeness (QED) is 0.762. The fourth-order valence-corrected chi connectivity index (χ4v) is 1.60. The van der Waals surface area contributed by atoms with Gasteiger partial charge >= 0.3 is 0 Å². The largest absolute Gasteiger partial charge is 0.299 e. The molecule has 1 aromatic rings. The lowest BCUT2D eigenvalue weighted by atomic mass is 10.2. The predicted octanol–water partition coefficient (Wildman–Crippen LogP) is 2.36. The van der Waals surface area contributed by atoms with Crippen LogP contribution in [0.5, 0.6) is 0 Å². The number of hydrogen-bond donors (Lipinski definition) is 0. The van der Waals surface area contributed by atoms with Gasteiger partial charge in [0.15, 0.2) is 0 Å². The molecule has 0 aromatic heterocycles. The SMILES string of the molecule is CC(=O)CN(C)Cc1cccc(Cl)c1. The molecule has 0 atom stereocenters. The van der Waals surface area contributed by atoms with Crippen LogP contribution in [0.1, 0.15) is 12.5 Å². The first-order valence-electron chi connectivity index (χ1n) is 4.50. The molecule has 0 N–H and O–H groups in total. The molecule has 0 aliphatic heterocycles. The molecule has 14 heavy (non-hydrogen) atoms. The van der Waals surface area contributed by atoms with Gasteiger partial charge < -0.3 is 0 Å². The van der Waals surface area contributed by atoms with Crippen molar-refractivity contribution in [2.24, 2.45) is 0 Å². The average molecular weight is 212 g/mol. The summed E-state index contributed by atoms with van der Waals surface area (Å²) in [6.07, 6.45) is 0. The van der Waals surface area contributed by atoms with Crippen LogP contribution in [0, 0.1) is 0 Å². The summed E-state index contributed by atoms with van der Waals surface area (Å²) in [5, 5.41) is 0.735. The Morgan fingerprint density at radius 2 is 2.21 bits per heavy atom. The Hall–Kier alpha value is -0.860. The summed E-state index contributed by atoms with van der Waals surface area (Å²) in [5.74, 6) is 0.175. The zero-order valence-corrected chi connectivity index (χ0v) is 9.21. The third-order valence-corrected chi connectivity index (χ3v) is 2.07. The van der Waals surface area contributed by atoms with E-state index in [1.165, 1.54) is 0 Å². The molecule has 0 bridgehead atoms. The van der Waals surface area contributed by atoms with Crippen molar-refractivity contribution in [1.82, 2.24) is 4.90 Å². The summed E-state index contributed by atoms with van der Waals surface area (Å²) < 4.78 is 0. The van der Waals surface area contributed by atoms with Crippen molar-refractivity contribution >= 4 is 17.4 Å². The fourth-order valence-electron chi connectivity index (χ4n) is 1.38. The highest BCUT2D eigenvalue weighted by atomic mass is 35.5. The summed E-state index contributed by atoms with van der Waals surface area (Å²) in [6, 6.07) is 7.68. The third kappa shape index (κ3) is 3.90. The van der Waals surface area contributed by atoms with Crippen LogP contribution in [0.2, 0.25) is 5.02 Å². The zero-order chi connectivity index (χ0) is 10.6. The van der Waals surface area contributed by atoms with Gasteiger partial charge in [-0.15, -0.1) is 0 Å². The second-order valence-corrected chi connectivity index (χ2v) is 3.94. The van der Waals surface area contributed by atoms with Crippen molar-refractivity contribution in [1.29, 1.82) is 0 Å². The van der Waals surface area contributed by atoms with Gasteiger partial charge in [0, 0.05) is 11.6 Å². The van der Waals surface area contributed by atoms with Gasteiger partial charge in [-0.2, -0.15) is 0 Å². The number of carbonyl (C=O) groups excluding carboxylic acids is 1. The number of rotatable bonds is 4. The monoisotopic (exact) mass is 211 g/mol. The van der Waals surface area contributed by atoms with E-state index in [9.17, 15) is 4.79 Å². The molecule has 0 radical (unpaired) electrons. The second kappa shape index (κ2) is 5.13. The van der Waals surface area contributed by atoms with Gasteiger partial charge in [0.05, 0.1) is 6.54 Å². The summed E-state index contributed by atoms with van der Waals surface area (Å²) in [7, 11) is 1.92. The van der Waals surface area contributed by atoms with Gasteiger partial charge in [0.1, 0.15) is 5.78 Å². The van der Waals surface area contributed by atoms with Gasteiger partial charge in [-0.25, -0.2) is 0 Å². The lowest BCUT2D eigenvalue weighted by molar-refractivity contribution is -0.117. The molecule has 3 heteroatoms. The molecule has 0 amide bonds. The molecule has 0 heterocycles. The topological polar surface area (TPSA) is 20.3 Å². The Labute approximate surface area is 89.5 Å². The Morgan fingerprint density at radius 3 is 2.79 bits per heavy atom. The molecule has 2 nitrogen and oxygen atoms in total. The Balaban J connectivity index is 2.55. The van der Waals surface area contributed by atoms with Crippen LogP contribution in [0.25, 0.3) is 0 Å². The van der Waals surface area contributed by atoms with E-state index < -0.39 is 0 Å². The van der Waals surface area contributed by atoms with Crippen LogP contribution in [0.3, 0.4) is 0 Å². The molecule has 76 valence electrons. The van der Waals surface area contributed by atoms with Crippen LogP contribution >= 0.6 is 11.6 Å². The van der Waals surface area contributed by atoms with Crippen LogP contribution in [-0.4, -0.2) is 24.3 Å². The van der Waals surface area contributed by atoms with E-state index in [2.05, 4.69) is 0 Å². The minimum atomic E-state index is 0.175. The summed E-state index contributed by atoms with van der Waals surface area (Å²) in [5.41, 5.74) is 1.13. The van der Waals surface area contributed by atoms with Gasteiger partial charge in [-0.1, -0.05) is 23.7 Å². The highest BCUT2D eigenvalue weighted by Crippen LogP contribution is 2.11. The van der Waals surface area contributed by atoms with Crippen LogP contribution < -0.4 is 0 Å². The minimum absolute atomic E-state index is 0.175. The van der Waals surface area contributed by atoms with Crippen molar-refractivity contribution in [2.45, 2.75) is 13.5 Å². The maximum Gasteiger partial charge on any atom is 0.143 e. The van der Waals surface area contributed by atoms with Crippen molar-refractivity contribution in [3.8, 4) is 0 Å². The molecule has 0 aliphatic carbocycles. The fraction of sp³-hybridized carbons (Fsp3) is 0.364. The Bertz CT molecular complexity index is 325. The van der Waals surface area contributed by atoms with E-state index in [0.29, 0.717) is 6.54 Å². The number of likely N-dealkylation sites (N-methyl/N-ethyl adjacent to an activating group) is 1. The molecule has 0 aliphatic rings. The lowest BCUT2D eigenvalue weighted by Gasteiger charge is -2.14. The lowest BCUT2D eigenvalue weighted by Crippen LogP contribution is -2.23. The van der Waals surface area contributed by atoms with E-state index >= 15 is 0 Å². The molecule has 0 saturated heterocycles. The molecule has 0 fully saturated rings. The van der Waals surface area contributed by atoms with Crippen molar-refractivity contribution in [3.05, 3.63) is 34.9 Å². The predicted molar refractivity (Wildman–Crippen MR) is 58.5 cm³/mol. The molecule has 0 spiro atoms. The first-order valence-corrected chi connectivity index (χ1v) is 4.88. The molecule has 1 rings (SSSR count). The zero-order valence-electron chi connectivity index (χ0n) is 8.46. The van der Waals surface area contributed by atoms with Crippen LogP contribution in [0.4, 0.5) is 0 Å². The van der Waals surface area contributed by atoms with E-state index in [0.717, 1.165) is 17.1 Å². The number of ketones is 1.